The molecule has 0 spiro atoms. The standard InChI is InChI=1S/C20H28N4O5S/c1-13(2)18-19(26)24(20(27)22-18)12-17(25)21-15-8-7-14(3)16(11-15)30(28,29)23-9-5-4-6-10-23/h7-8,11,13,18H,4-6,9-10,12H2,1-3H3,(H,21,25)(H,22,27). The Morgan fingerprint density at radius 3 is 2.47 bits per heavy atom. The normalized spacial score (nSPS) is 20.5. The van der Waals surface area contributed by atoms with Gasteiger partial charge in [0.15, 0.2) is 0 Å². The molecule has 2 aliphatic heterocycles. The van der Waals surface area contributed by atoms with Gasteiger partial charge in [-0.1, -0.05) is 26.3 Å². The van der Waals surface area contributed by atoms with Gasteiger partial charge >= 0.3 is 6.03 Å². The summed E-state index contributed by atoms with van der Waals surface area (Å²) in [6.45, 7) is 5.87. The number of nitrogens with one attached hydrogen (secondary N) is 2. The smallest absolute Gasteiger partial charge is 0.325 e. The number of benzene rings is 1. The molecule has 2 aliphatic rings. The highest BCUT2D eigenvalue weighted by Gasteiger charge is 2.40. The number of anilines is 1. The predicted molar refractivity (Wildman–Crippen MR) is 111 cm³/mol. The molecule has 2 N–H and O–H groups in total. The maximum atomic E-state index is 13.0. The van der Waals surface area contributed by atoms with Gasteiger partial charge in [-0.2, -0.15) is 4.31 Å². The number of aryl methyl sites for hydroxylation is 1. The fourth-order valence-corrected chi connectivity index (χ4v) is 5.45. The topological polar surface area (TPSA) is 116 Å². The zero-order valence-electron chi connectivity index (χ0n) is 17.5. The summed E-state index contributed by atoms with van der Waals surface area (Å²) >= 11 is 0. The van der Waals surface area contributed by atoms with Gasteiger partial charge in [0.25, 0.3) is 5.91 Å². The fraction of sp³-hybridized carbons (Fsp3) is 0.550. The Labute approximate surface area is 176 Å². The lowest BCUT2D eigenvalue weighted by Gasteiger charge is -2.26. The molecule has 4 amide bonds. The molecular formula is C20H28N4O5S. The number of rotatable bonds is 6. The second-order valence-electron chi connectivity index (χ2n) is 8.09. The molecule has 0 bridgehead atoms. The zero-order valence-corrected chi connectivity index (χ0v) is 18.3. The third-order valence-corrected chi connectivity index (χ3v) is 7.47. The summed E-state index contributed by atoms with van der Waals surface area (Å²) in [6.07, 6.45) is 2.68. The molecular weight excluding hydrogens is 408 g/mol. The number of hydrogen-bond donors (Lipinski definition) is 2. The molecule has 1 atom stereocenters. The molecule has 2 fully saturated rings. The van der Waals surface area contributed by atoms with Crippen molar-refractivity contribution in [2.45, 2.75) is 51.0 Å². The van der Waals surface area contributed by atoms with Crippen molar-refractivity contribution in [1.29, 1.82) is 0 Å². The first-order chi connectivity index (χ1) is 14.1. The van der Waals surface area contributed by atoms with E-state index in [1.165, 1.54) is 10.4 Å². The minimum atomic E-state index is -3.65. The highest BCUT2D eigenvalue weighted by molar-refractivity contribution is 7.89. The van der Waals surface area contributed by atoms with Crippen molar-refractivity contribution >= 4 is 33.6 Å². The Kier molecular flexibility index (Phi) is 6.47. The minimum absolute atomic E-state index is 0.0887. The Morgan fingerprint density at radius 1 is 1.20 bits per heavy atom. The minimum Gasteiger partial charge on any atom is -0.326 e. The number of carbonyl (C=O) groups is 3. The Balaban J connectivity index is 1.73. The molecule has 3 rings (SSSR count). The zero-order chi connectivity index (χ0) is 22.1. The van der Waals surface area contributed by atoms with E-state index >= 15 is 0 Å². The average Bonchev–Trinajstić information content (AvgIpc) is 2.98. The molecule has 0 radical (unpaired) electrons. The molecule has 1 aromatic carbocycles. The summed E-state index contributed by atoms with van der Waals surface area (Å²) in [6, 6.07) is 3.41. The van der Waals surface area contributed by atoms with Gasteiger partial charge < -0.3 is 10.6 Å². The number of hydrogen-bond acceptors (Lipinski definition) is 5. The molecule has 0 saturated carbocycles. The van der Waals surface area contributed by atoms with Crippen LogP contribution < -0.4 is 10.6 Å². The second-order valence-corrected chi connectivity index (χ2v) is 10.00. The van der Waals surface area contributed by atoms with Gasteiger partial charge in [0.05, 0.1) is 4.90 Å². The summed E-state index contributed by atoms with van der Waals surface area (Å²) in [4.78, 5) is 37.8. The third-order valence-electron chi connectivity index (χ3n) is 5.43. The van der Waals surface area contributed by atoms with E-state index in [4.69, 9.17) is 0 Å². The van der Waals surface area contributed by atoms with Crippen LogP contribution in [0.2, 0.25) is 0 Å². The first-order valence-electron chi connectivity index (χ1n) is 10.1. The molecule has 2 saturated heterocycles. The van der Waals surface area contributed by atoms with Crippen LogP contribution in [0.15, 0.2) is 23.1 Å². The molecule has 10 heteroatoms. The number of sulfonamides is 1. The molecule has 2 heterocycles. The van der Waals surface area contributed by atoms with E-state index in [1.807, 2.05) is 13.8 Å². The molecule has 0 aliphatic carbocycles. The monoisotopic (exact) mass is 436 g/mol. The number of urea groups is 1. The Morgan fingerprint density at radius 2 is 1.87 bits per heavy atom. The summed E-state index contributed by atoms with van der Waals surface area (Å²) in [7, 11) is -3.65. The molecule has 9 nitrogen and oxygen atoms in total. The van der Waals surface area contributed by atoms with Crippen molar-refractivity contribution in [2.75, 3.05) is 25.0 Å². The summed E-state index contributed by atoms with van der Waals surface area (Å²) < 4.78 is 27.5. The first kappa shape index (κ1) is 22.2. The van der Waals surface area contributed by atoms with Crippen LogP contribution in [0, 0.1) is 12.8 Å². The third kappa shape index (κ3) is 4.49. The second kappa shape index (κ2) is 8.73. The molecule has 30 heavy (non-hydrogen) atoms. The Hall–Kier alpha value is -2.46. The van der Waals surface area contributed by atoms with Crippen LogP contribution in [0.25, 0.3) is 0 Å². The SMILES string of the molecule is Cc1ccc(NC(=O)CN2C(=O)NC(C(C)C)C2=O)cc1S(=O)(=O)N1CCCCC1. The van der Waals surface area contributed by atoms with Gasteiger partial charge in [0, 0.05) is 18.8 Å². The number of piperidine rings is 1. The lowest BCUT2D eigenvalue weighted by Crippen LogP contribution is -2.39. The number of nitrogens with zero attached hydrogens (tertiary/aromatic N) is 2. The lowest BCUT2D eigenvalue weighted by molar-refractivity contribution is -0.131. The fourth-order valence-electron chi connectivity index (χ4n) is 3.69. The van der Waals surface area contributed by atoms with E-state index in [0.717, 1.165) is 24.2 Å². The van der Waals surface area contributed by atoms with Crippen molar-refractivity contribution in [3.05, 3.63) is 23.8 Å². The van der Waals surface area contributed by atoms with Crippen LogP contribution in [0.3, 0.4) is 0 Å². The number of imide groups is 1. The van der Waals surface area contributed by atoms with Crippen LogP contribution in [-0.4, -0.2) is 61.1 Å². The van der Waals surface area contributed by atoms with E-state index in [0.29, 0.717) is 24.3 Å². The van der Waals surface area contributed by atoms with E-state index in [-0.39, 0.29) is 10.8 Å². The van der Waals surface area contributed by atoms with Gasteiger partial charge in [-0.3, -0.25) is 14.5 Å². The van der Waals surface area contributed by atoms with E-state index in [2.05, 4.69) is 10.6 Å². The largest absolute Gasteiger partial charge is 0.326 e. The first-order valence-corrected chi connectivity index (χ1v) is 11.6. The van der Waals surface area contributed by atoms with Crippen LogP contribution in [0.1, 0.15) is 38.7 Å². The molecule has 0 aromatic heterocycles. The van der Waals surface area contributed by atoms with E-state index in [1.54, 1.807) is 19.1 Å². The van der Waals surface area contributed by atoms with Gasteiger partial charge in [-0.15, -0.1) is 0 Å². The van der Waals surface area contributed by atoms with Crippen LogP contribution in [0.4, 0.5) is 10.5 Å². The quantitative estimate of drug-likeness (QED) is 0.659. The van der Waals surface area contributed by atoms with Crippen molar-refractivity contribution in [3.8, 4) is 0 Å². The molecule has 1 unspecified atom stereocenters. The highest BCUT2D eigenvalue weighted by atomic mass is 32.2. The summed E-state index contributed by atoms with van der Waals surface area (Å²) in [5.41, 5.74) is 0.890. The van der Waals surface area contributed by atoms with Gasteiger partial charge in [-0.25, -0.2) is 13.2 Å². The van der Waals surface area contributed by atoms with Crippen molar-refractivity contribution in [1.82, 2.24) is 14.5 Å². The summed E-state index contributed by atoms with van der Waals surface area (Å²) in [5, 5.41) is 5.17. The molecule has 1 aromatic rings. The Bertz CT molecular complexity index is 954. The number of carbonyl (C=O) groups excluding carboxylic acids is 3. The highest BCUT2D eigenvalue weighted by Crippen LogP contribution is 2.26. The van der Waals surface area contributed by atoms with Crippen molar-refractivity contribution in [2.24, 2.45) is 5.92 Å². The van der Waals surface area contributed by atoms with Crippen LogP contribution in [-0.2, 0) is 19.6 Å². The van der Waals surface area contributed by atoms with Gasteiger partial charge in [0.2, 0.25) is 15.9 Å². The van der Waals surface area contributed by atoms with E-state index in [9.17, 15) is 22.8 Å². The van der Waals surface area contributed by atoms with Crippen molar-refractivity contribution < 1.29 is 22.8 Å². The number of amides is 4. The molecule has 164 valence electrons. The maximum absolute atomic E-state index is 13.0. The van der Waals surface area contributed by atoms with Gasteiger partial charge in [0.1, 0.15) is 12.6 Å². The lowest BCUT2D eigenvalue weighted by atomic mass is 10.1. The van der Waals surface area contributed by atoms with Crippen LogP contribution >= 0.6 is 0 Å². The van der Waals surface area contributed by atoms with Gasteiger partial charge in [-0.05, 0) is 43.4 Å². The maximum Gasteiger partial charge on any atom is 0.325 e. The van der Waals surface area contributed by atoms with E-state index < -0.39 is 40.5 Å². The predicted octanol–water partition coefficient (Wildman–Crippen LogP) is 1.68. The summed E-state index contributed by atoms with van der Waals surface area (Å²) in [5.74, 6) is -1.11. The van der Waals surface area contributed by atoms with Crippen LogP contribution in [0.5, 0.6) is 0 Å². The average molecular weight is 437 g/mol. The van der Waals surface area contributed by atoms with Crippen molar-refractivity contribution in [3.63, 3.8) is 0 Å².